The van der Waals surface area contributed by atoms with Crippen LogP contribution in [-0.2, 0) is 0 Å². The molecule has 7 heteroatoms. The highest BCUT2D eigenvalue weighted by atomic mass is 16.6. The molecule has 1 aliphatic carbocycles. The van der Waals surface area contributed by atoms with Crippen LogP contribution in [0.2, 0.25) is 0 Å². The van der Waals surface area contributed by atoms with Crippen molar-refractivity contribution in [2.45, 2.75) is 18.9 Å². The third kappa shape index (κ3) is 2.20. The zero-order valence-corrected chi connectivity index (χ0v) is 11.2. The van der Waals surface area contributed by atoms with E-state index in [1.165, 1.54) is 25.0 Å². The van der Waals surface area contributed by atoms with Gasteiger partial charge in [0.15, 0.2) is 0 Å². The van der Waals surface area contributed by atoms with Crippen LogP contribution in [0.25, 0.3) is 11.0 Å². The zero-order chi connectivity index (χ0) is 14.3. The predicted molar refractivity (Wildman–Crippen MR) is 76.7 cm³/mol. The van der Waals surface area contributed by atoms with Crippen molar-refractivity contribution in [3.05, 3.63) is 28.3 Å². The van der Waals surface area contributed by atoms with Crippen LogP contribution in [0.5, 0.6) is 0 Å². The van der Waals surface area contributed by atoms with Gasteiger partial charge in [-0.2, -0.15) is 0 Å². The fourth-order valence-corrected chi connectivity index (χ4v) is 2.57. The summed E-state index contributed by atoms with van der Waals surface area (Å²) in [6, 6.07) is 4.91. The normalized spacial score (nSPS) is 16.3. The van der Waals surface area contributed by atoms with Crippen LogP contribution in [0.1, 0.15) is 12.8 Å². The average Bonchev–Trinajstić information content (AvgIpc) is 3.16. The maximum Gasteiger partial charge on any atom is 0.271 e. The topological polar surface area (TPSA) is 101 Å². The minimum atomic E-state index is -0.406. The lowest BCUT2D eigenvalue weighted by molar-refractivity contribution is -0.384. The van der Waals surface area contributed by atoms with E-state index in [0.29, 0.717) is 23.9 Å². The van der Waals surface area contributed by atoms with Crippen LogP contribution in [-0.4, -0.2) is 34.5 Å². The summed E-state index contributed by atoms with van der Waals surface area (Å²) in [5.74, 6) is 1.34. The number of fused-ring (bicyclic) bond motifs is 1. The number of benzene rings is 1. The number of aromatic nitrogens is 2. The SMILES string of the molecule is CN(c1nc2ccc([N+](=O)[O-])cc2[nH]1)C(CN)C1CC1. The molecule has 1 unspecified atom stereocenters. The molecule has 1 aromatic heterocycles. The maximum atomic E-state index is 10.8. The summed E-state index contributed by atoms with van der Waals surface area (Å²) >= 11 is 0. The van der Waals surface area contributed by atoms with E-state index in [0.717, 1.165) is 5.52 Å². The third-order valence-corrected chi connectivity index (χ3v) is 3.90. The van der Waals surface area contributed by atoms with Crippen molar-refractivity contribution in [3.8, 4) is 0 Å². The van der Waals surface area contributed by atoms with Crippen molar-refractivity contribution in [2.75, 3.05) is 18.5 Å². The highest BCUT2D eigenvalue weighted by molar-refractivity contribution is 5.80. The Morgan fingerprint density at radius 1 is 1.60 bits per heavy atom. The summed E-state index contributed by atoms with van der Waals surface area (Å²) in [4.78, 5) is 20.0. The van der Waals surface area contributed by atoms with Crippen LogP contribution in [0.3, 0.4) is 0 Å². The Morgan fingerprint density at radius 2 is 2.35 bits per heavy atom. The van der Waals surface area contributed by atoms with Gasteiger partial charge in [0.25, 0.3) is 5.69 Å². The summed E-state index contributed by atoms with van der Waals surface area (Å²) < 4.78 is 0. The smallest absolute Gasteiger partial charge is 0.271 e. The molecule has 1 aliphatic rings. The molecular formula is C13H17N5O2. The van der Waals surface area contributed by atoms with Gasteiger partial charge in [-0.05, 0) is 24.8 Å². The zero-order valence-electron chi connectivity index (χ0n) is 11.2. The lowest BCUT2D eigenvalue weighted by Gasteiger charge is -2.26. The van der Waals surface area contributed by atoms with Gasteiger partial charge in [-0.3, -0.25) is 10.1 Å². The van der Waals surface area contributed by atoms with E-state index in [-0.39, 0.29) is 11.7 Å². The molecule has 0 saturated heterocycles. The molecule has 3 N–H and O–H groups in total. The van der Waals surface area contributed by atoms with Gasteiger partial charge in [-0.1, -0.05) is 0 Å². The van der Waals surface area contributed by atoms with E-state index < -0.39 is 4.92 Å². The standard InChI is InChI=1S/C13H17N5O2/c1-17(12(7-14)8-2-3-8)13-15-10-5-4-9(18(19)20)6-11(10)16-13/h4-6,8,12H,2-3,7,14H2,1H3,(H,15,16). The molecule has 1 heterocycles. The van der Waals surface area contributed by atoms with Crippen molar-refractivity contribution in [2.24, 2.45) is 11.7 Å². The molecule has 7 nitrogen and oxygen atoms in total. The molecule has 0 spiro atoms. The van der Waals surface area contributed by atoms with Crippen molar-refractivity contribution >= 4 is 22.7 Å². The quantitative estimate of drug-likeness (QED) is 0.638. The Hall–Kier alpha value is -2.15. The van der Waals surface area contributed by atoms with E-state index in [9.17, 15) is 10.1 Å². The van der Waals surface area contributed by atoms with E-state index >= 15 is 0 Å². The van der Waals surface area contributed by atoms with Crippen LogP contribution in [0, 0.1) is 16.0 Å². The fraction of sp³-hybridized carbons (Fsp3) is 0.462. The molecule has 0 bridgehead atoms. The number of nitrogens with zero attached hydrogens (tertiary/aromatic N) is 3. The van der Waals surface area contributed by atoms with Gasteiger partial charge >= 0.3 is 0 Å². The maximum absolute atomic E-state index is 10.8. The number of nitro benzene ring substituents is 1. The fourth-order valence-electron chi connectivity index (χ4n) is 2.57. The summed E-state index contributed by atoms with van der Waals surface area (Å²) in [6.45, 7) is 0.582. The van der Waals surface area contributed by atoms with Gasteiger partial charge in [-0.15, -0.1) is 0 Å². The molecule has 2 aromatic rings. The lowest BCUT2D eigenvalue weighted by Crippen LogP contribution is -2.40. The first-order valence-electron chi connectivity index (χ1n) is 6.67. The molecule has 1 atom stereocenters. The second-order valence-electron chi connectivity index (χ2n) is 5.27. The third-order valence-electron chi connectivity index (χ3n) is 3.90. The van der Waals surface area contributed by atoms with E-state index in [4.69, 9.17) is 5.73 Å². The number of likely N-dealkylation sites (N-methyl/N-ethyl adjacent to an activating group) is 1. The monoisotopic (exact) mass is 275 g/mol. The highest BCUT2D eigenvalue weighted by Gasteiger charge is 2.34. The van der Waals surface area contributed by atoms with Crippen molar-refractivity contribution in [1.82, 2.24) is 9.97 Å². The molecular weight excluding hydrogens is 258 g/mol. The van der Waals surface area contributed by atoms with Gasteiger partial charge in [0.2, 0.25) is 5.95 Å². The molecule has 0 aliphatic heterocycles. The molecule has 1 saturated carbocycles. The molecule has 0 amide bonds. The second-order valence-corrected chi connectivity index (χ2v) is 5.27. The first-order chi connectivity index (χ1) is 9.60. The molecule has 1 aromatic carbocycles. The van der Waals surface area contributed by atoms with Crippen LogP contribution in [0.15, 0.2) is 18.2 Å². The average molecular weight is 275 g/mol. The van der Waals surface area contributed by atoms with Gasteiger partial charge in [0, 0.05) is 31.8 Å². The number of non-ortho nitro benzene ring substituents is 1. The largest absolute Gasteiger partial charge is 0.341 e. The molecule has 1 fully saturated rings. The summed E-state index contributed by atoms with van der Waals surface area (Å²) in [7, 11) is 1.96. The number of hydrogen-bond donors (Lipinski definition) is 2. The Kier molecular flexibility index (Phi) is 3.06. The minimum Gasteiger partial charge on any atom is -0.341 e. The first kappa shape index (κ1) is 12.9. The van der Waals surface area contributed by atoms with E-state index in [1.54, 1.807) is 6.07 Å². The van der Waals surface area contributed by atoms with Gasteiger partial charge < -0.3 is 15.6 Å². The Morgan fingerprint density at radius 3 is 2.95 bits per heavy atom. The van der Waals surface area contributed by atoms with Crippen LogP contribution < -0.4 is 10.6 Å². The van der Waals surface area contributed by atoms with Crippen molar-refractivity contribution < 1.29 is 4.92 Å². The van der Waals surface area contributed by atoms with Crippen LogP contribution >= 0.6 is 0 Å². The Bertz CT molecular complexity index is 649. The number of nitrogens with one attached hydrogen (secondary N) is 1. The Balaban J connectivity index is 1.93. The number of aromatic amines is 1. The number of hydrogen-bond acceptors (Lipinski definition) is 5. The van der Waals surface area contributed by atoms with Crippen LogP contribution in [0.4, 0.5) is 11.6 Å². The molecule has 3 rings (SSSR count). The number of H-pyrrole nitrogens is 1. The van der Waals surface area contributed by atoms with Crippen molar-refractivity contribution in [1.29, 1.82) is 0 Å². The summed E-state index contributed by atoms with van der Waals surface area (Å²) in [5, 5.41) is 10.8. The number of nitrogens with two attached hydrogens (primary N) is 1. The van der Waals surface area contributed by atoms with E-state index in [2.05, 4.69) is 9.97 Å². The van der Waals surface area contributed by atoms with E-state index in [1.807, 2.05) is 11.9 Å². The van der Waals surface area contributed by atoms with Crippen molar-refractivity contribution in [3.63, 3.8) is 0 Å². The lowest BCUT2D eigenvalue weighted by atomic mass is 10.2. The number of nitro groups is 1. The Labute approximate surface area is 115 Å². The first-order valence-corrected chi connectivity index (χ1v) is 6.67. The van der Waals surface area contributed by atoms with Gasteiger partial charge in [0.05, 0.1) is 16.0 Å². The highest BCUT2D eigenvalue weighted by Crippen LogP contribution is 2.36. The summed E-state index contributed by atoms with van der Waals surface area (Å²) in [5.41, 5.74) is 7.30. The van der Waals surface area contributed by atoms with Gasteiger partial charge in [0.1, 0.15) is 0 Å². The minimum absolute atomic E-state index is 0.0629. The molecule has 0 radical (unpaired) electrons. The number of imidazole rings is 1. The number of rotatable bonds is 5. The summed E-state index contributed by atoms with van der Waals surface area (Å²) in [6.07, 6.45) is 2.41. The number of anilines is 1. The molecule has 106 valence electrons. The predicted octanol–water partition coefficient (Wildman–Crippen LogP) is 1.64. The second kappa shape index (κ2) is 4.75. The molecule has 20 heavy (non-hydrogen) atoms. The van der Waals surface area contributed by atoms with Gasteiger partial charge in [-0.25, -0.2) is 4.98 Å².